The summed E-state index contributed by atoms with van der Waals surface area (Å²) in [6.45, 7) is 0. The molecular weight excluding hydrogens is 605 g/mol. The molecule has 1 aliphatic rings. The van der Waals surface area contributed by atoms with Crippen LogP contribution < -0.4 is 4.90 Å². The van der Waals surface area contributed by atoms with E-state index < -0.39 is 0 Å². The van der Waals surface area contributed by atoms with Crippen molar-refractivity contribution in [3.8, 4) is 27.9 Å². The molecule has 1 heterocycles. The van der Waals surface area contributed by atoms with E-state index in [0.29, 0.717) is 0 Å². The molecule has 2 heteroatoms. The minimum absolute atomic E-state index is 1.12. The predicted molar refractivity (Wildman–Crippen MR) is 212 cm³/mol. The van der Waals surface area contributed by atoms with Crippen LogP contribution in [0.1, 0.15) is 0 Å². The van der Waals surface area contributed by atoms with Crippen molar-refractivity contribution in [1.82, 2.24) is 4.57 Å². The highest BCUT2D eigenvalue weighted by Crippen LogP contribution is 2.52. The van der Waals surface area contributed by atoms with Crippen LogP contribution in [0, 0.1) is 0 Å². The molecule has 0 saturated carbocycles. The van der Waals surface area contributed by atoms with Crippen molar-refractivity contribution >= 4 is 71.2 Å². The summed E-state index contributed by atoms with van der Waals surface area (Å²) in [4.78, 5) is 2.46. The zero-order valence-electron chi connectivity index (χ0n) is 27.2. The second-order valence-corrected chi connectivity index (χ2v) is 13.3. The fourth-order valence-electron chi connectivity index (χ4n) is 8.52. The molecule has 2 nitrogen and oxygen atoms in total. The highest BCUT2D eigenvalue weighted by Gasteiger charge is 2.26. The summed E-state index contributed by atoms with van der Waals surface area (Å²) in [5, 5.41) is 10.2. The van der Waals surface area contributed by atoms with Gasteiger partial charge in [0.1, 0.15) is 0 Å². The molecule has 10 aromatic rings. The van der Waals surface area contributed by atoms with Gasteiger partial charge in [-0.3, -0.25) is 0 Å². The molecule has 0 radical (unpaired) electrons. The van der Waals surface area contributed by atoms with Crippen LogP contribution in [0.15, 0.2) is 182 Å². The van der Waals surface area contributed by atoms with E-state index in [2.05, 4.69) is 191 Å². The van der Waals surface area contributed by atoms with Crippen LogP contribution >= 0.6 is 0 Å². The lowest BCUT2D eigenvalue weighted by Crippen LogP contribution is -2.11. The predicted octanol–water partition coefficient (Wildman–Crippen LogP) is 13.4. The normalized spacial score (nSPS) is 12.0. The average molecular weight is 635 g/mol. The van der Waals surface area contributed by atoms with Crippen LogP contribution in [-0.2, 0) is 0 Å². The first-order valence-corrected chi connectivity index (χ1v) is 17.3. The molecule has 232 valence electrons. The lowest BCUT2D eigenvalue weighted by molar-refractivity contribution is 1.18. The van der Waals surface area contributed by atoms with Crippen molar-refractivity contribution in [2.45, 2.75) is 0 Å². The number of benzene rings is 9. The van der Waals surface area contributed by atoms with E-state index in [-0.39, 0.29) is 0 Å². The molecule has 11 rings (SSSR count). The third-order valence-corrected chi connectivity index (χ3v) is 10.6. The van der Waals surface area contributed by atoms with Crippen molar-refractivity contribution in [2.24, 2.45) is 0 Å². The third kappa shape index (κ3) is 3.85. The summed E-state index contributed by atoms with van der Waals surface area (Å²) in [5.41, 5.74) is 12.2. The summed E-state index contributed by atoms with van der Waals surface area (Å²) < 4.78 is 2.40. The number of nitrogens with zero attached hydrogens (tertiary/aromatic N) is 2. The molecule has 0 aliphatic heterocycles. The van der Waals surface area contributed by atoms with Crippen LogP contribution in [0.3, 0.4) is 0 Å². The Bertz CT molecular complexity index is 2980. The van der Waals surface area contributed by atoms with Gasteiger partial charge >= 0.3 is 0 Å². The molecule has 0 saturated heterocycles. The van der Waals surface area contributed by atoms with Gasteiger partial charge in [-0.15, -0.1) is 0 Å². The average Bonchev–Trinajstić information content (AvgIpc) is 3.69. The Morgan fingerprint density at radius 1 is 0.360 bits per heavy atom. The van der Waals surface area contributed by atoms with E-state index in [1.807, 2.05) is 0 Å². The molecule has 0 spiro atoms. The maximum atomic E-state index is 2.46. The molecule has 0 unspecified atom stereocenters. The highest BCUT2D eigenvalue weighted by molar-refractivity contribution is 6.24. The Hall–Kier alpha value is -6.64. The van der Waals surface area contributed by atoms with Crippen LogP contribution in [0.25, 0.3) is 82.1 Å². The van der Waals surface area contributed by atoms with E-state index in [9.17, 15) is 0 Å². The van der Waals surface area contributed by atoms with Crippen molar-refractivity contribution in [3.63, 3.8) is 0 Å². The SMILES string of the molecule is c1ccc(-n2c3ccccc3c3ccc(N(c4ccc5c(c4)-c4c6ccccc6cc6cccc-5c46)c4cccc5ccccc45)cc32)cc1. The maximum absolute atomic E-state index is 2.46. The highest BCUT2D eigenvalue weighted by atomic mass is 15.1. The van der Waals surface area contributed by atoms with Crippen LogP contribution in [0.5, 0.6) is 0 Å². The van der Waals surface area contributed by atoms with Gasteiger partial charge in [-0.05, 0) is 104 Å². The Balaban J connectivity index is 1.21. The largest absolute Gasteiger partial charge is 0.310 e. The van der Waals surface area contributed by atoms with E-state index in [0.717, 1.165) is 22.7 Å². The summed E-state index contributed by atoms with van der Waals surface area (Å²) in [7, 11) is 0. The van der Waals surface area contributed by atoms with Gasteiger partial charge in [-0.1, -0.05) is 127 Å². The molecule has 0 fully saturated rings. The van der Waals surface area contributed by atoms with Gasteiger partial charge in [0.05, 0.1) is 16.7 Å². The number of para-hydroxylation sites is 2. The van der Waals surface area contributed by atoms with E-state index in [1.165, 1.54) is 76.4 Å². The Morgan fingerprint density at radius 3 is 1.92 bits per heavy atom. The fraction of sp³-hybridized carbons (Fsp3) is 0. The van der Waals surface area contributed by atoms with Crippen molar-refractivity contribution in [2.75, 3.05) is 4.90 Å². The van der Waals surface area contributed by atoms with Gasteiger partial charge < -0.3 is 9.47 Å². The van der Waals surface area contributed by atoms with Gasteiger partial charge in [-0.25, -0.2) is 0 Å². The van der Waals surface area contributed by atoms with Crippen LogP contribution in [-0.4, -0.2) is 4.57 Å². The minimum Gasteiger partial charge on any atom is -0.310 e. The summed E-state index contributed by atoms with van der Waals surface area (Å²) in [5.74, 6) is 0. The first kappa shape index (κ1) is 27.3. The Labute approximate surface area is 289 Å². The van der Waals surface area contributed by atoms with Gasteiger partial charge in [-0.2, -0.15) is 0 Å². The van der Waals surface area contributed by atoms with Gasteiger partial charge in [0.2, 0.25) is 0 Å². The lowest BCUT2D eigenvalue weighted by atomic mass is 9.95. The molecule has 1 aliphatic carbocycles. The fourth-order valence-corrected chi connectivity index (χ4v) is 8.52. The topological polar surface area (TPSA) is 8.17 Å². The van der Waals surface area contributed by atoms with E-state index in [1.54, 1.807) is 0 Å². The van der Waals surface area contributed by atoms with Crippen molar-refractivity contribution in [1.29, 1.82) is 0 Å². The Kier molecular flexibility index (Phi) is 5.70. The first-order chi connectivity index (χ1) is 24.8. The quantitative estimate of drug-likeness (QED) is 0.175. The standard InChI is InChI=1S/C48H30N2/c1-2-16-34(17-3-1)50-45-22-9-8-20-40(45)41-27-25-36(30-46(41)50)49(44-23-11-14-31-12-4-6-18-37(31)44)35-24-26-39-42-21-10-15-33-28-32-13-5-7-19-38(32)48(47(33)42)43(39)29-35/h1-30H. The maximum Gasteiger partial charge on any atom is 0.0561 e. The first-order valence-electron chi connectivity index (χ1n) is 17.3. The van der Waals surface area contributed by atoms with Gasteiger partial charge in [0, 0.05) is 33.2 Å². The molecule has 9 aromatic carbocycles. The minimum atomic E-state index is 1.12. The monoisotopic (exact) mass is 634 g/mol. The van der Waals surface area contributed by atoms with Gasteiger partial charge in [0.25, 0.3) is 0 Å². The number of aromatic nitrogens is 1. The second-order valence-electron chi connectivity index (χ2n) is 13.3. The van der Waals surface area contributed by atoms with Crippen molar-refractivity contribution < 1.29 is 0 Å². The van der Waals surface area contributed by atoms with E-state index >= 15 is 0 Å². The number of rotatable bonds is 4. The molecule has 0 atom stereocenters. The second kappa shape index (κ2) is 10.4. The van der Waals surface area contributed by atoms with E-state index in [4.69, 9.17) is 0 Å². The molecule has 0 N–H and O–H groups in total. The summed E-state index contributed by atoms with van der Waals surface area (Å²) in [6.07, 6.45) is 0. The van der Waals surface area contributed by atoms with Crippen molar-refractivity contribution in [3.05, 3.63) is 182 Å². The number of anilines is 3. The lowest BCUT2D eigenvalue weighted by Gasteiger charge is -2.28. The summed E-state index contributed by atoms with van der Waals surface area (Å²) in [6, 6.07) is 66.8. The van der Waals surface area contributed by atoms with Gasteiger partial charge in [0.15, 0.2) is 0 Å². The summed E-state index contributed by atoms with van der Waals surface area (Å²) >= 11 is 0. The zero-order chi connectivity index (χ0) is 32.8. The zero-order valence-corrected chi connectivity index (χ0v) is 27.2. The molecule has 50 heavy (non-hydrogen) atoms. The third-order valence-electron chi connectivity index (χ3n) is 10.6. The Morgan fingerprint density at radius 2 is 1.02 bits per heavy atom. The molecule has 1 aromatic heterocycles. The molecule has 0 bridgehead atoms. The number of hydrogen-bond donors (Lipinski definition) is 0. The van der Waals surface area contributed by atoms with Crippen LogP contribution in [0.2, 0.25) is 0 Å². The number of fused-ring (bicyclic) bond motifs is 9. The smallest absolute Gasteiger partial charge is 0.0561 e. The van der Waals surface area contributed by atoms with Crippen LogP contribution in [0.4, 0.5) is 17.1 Å². The molecule has 0 amide bonds. The molecular formula is C48H30N2. The number of hydrogen-bond acceptors (Lipinski definition) is 1.